The SMILES string of the molecule is O=S(=O)(c1ccccc1F)N1CCc2nc(-c3ccccc3)ncc2C1. The molecule has 132 valence electrons. The quantitative estimate of drug-likeness (QED) is 0.712. The summed E-state index contributed by atoms with van der Waals surface area (Å²) in [4.78, 5) is 8.65. The lowest BCUT2D eigenvalue weighted by molar-refractivity contribution is 0.384. The van der Waals surface area contributed by atoms with E-state index in [1.54, 1.807) is 6.20 Å². The average molecular weight is 369 g/mol. The predicted molar refractivity (Wildman–Crippen MR) is 95.2 cm³/mol. The zero-order valence-corrected chi connectivity index (χ0v) is 14.7. The van der Waals surface area contributed by atoms with Gasteiger partial charge in [0, 0.05) is 36.8 Å². The Balaban J connectivity index is 1.64. The lowest BCUT2D eigenvalue weighted by atomic mass is 10.1. The van der Waals surface area contributed by atoms with Crippen molar-refractivity contribution in [3.05, 3.63) is 77.9 Å². The molecule has 1 aromatic heterocycles. The summed E-state index contributed by atoms with van der Waals surface area (Å²) in [6.45, 7) is 0.399. The second kappa shape index (κ2) is 6.59. The average Bonchev–Trinajstić information content (AvgIpc) is 2.68. The van der Waals surface area contributed by atoms with Crippen molar-refractivity contribution < 1.29 is 12.8 Å². The first-order chi connectivity index (χ1) is 12.6. The number of rotatable bonds is 3. The van der Waals surface area contributed by atoms with E-state index in [9.17, 15) is 12.8 Å². The van der Waals surface area contributed by atoms with Gasteiger partial charge < -0.3 is 0 Å². The third-order valence-electron chi connectivity index (χ3n) is 4.39. The minimum Gasteiger partial charge on any atom is -0.236 e. The highest BCUT2D eigenvalue weighted by Gasteiger charge is 2.31. The molecule has 0 aliphatic carbocycles. The smallest absolute Gasteiger partial charge is 0.236 e. The number of hydrogen-bond donors (Lipinski definition) is 0. The van der Waals surface area contributed by atoms with Crippen molar-refractivity contribution in [3.8, 4) is 11.4 Å². The van der Waals surface area contributed by atoms with E-state index in [2.05, 4.69) is 9.97 Å². The molecule has 5 nitrogen and oxygen atoms in total. The Kier molecular flexibility index (Phi) is 4.26. The van der Waals surface area contributed by atoms with Gasteiger partial charge in [0.05, 0.1) is 5.69 Å². The number of fused-ring (bicyclic) bond motifs is 1. The topological polar surface area (TPSA) is 63.2 Å². The zero-order chi connectivity index (χ0) is 18.1. The number of hydrogen-bond acceptors (Lipinski definition) is 4. The summed E-state index contributed by atoms with van der Waals surface area (Å²) in [6, 6.07) is 15.0. The first kappa shape index (κ1) is 16.8. The van der Waals surface area contributed by atoms with Crippen LogP contribution in [0.1, 0.15) is 11.3 Å². The molecule has 26 heavy (non-hydrogen) atoms. The van der Waals surface area contributed by atoms with E-state index >= 15 is 0 Å². The van der Waals surface area contributed by atoms with Crippen molar-refractivity contribution in [2.45, 2.75) is 17.9 Å². The Labute approximate surface area is 151 Å². The molecule has 0 amide bonds. The third-order valence-corrected chi connectivity index (χ3v) is 6.26. The monoisotopic (exact) mass is 369 g/mol. The maximum Gasteiger partial charge on any atom is 0.246 e. The van der Waals surface area contributed by atoms with Crippen LogP contribution in [-0.4, -0.2) is 29.2 Å². The van der Waals surface area contributed by atoms with E-state index < -0.39 is 15.8 Å². The normalized spacial score (nSPS) is 14.8. The van der Waals surface area contributed by atoms with E-state index in [1.165, 1.54) is 22.5 Å². The number of sulfonamides is 1. The van der Waals surface area contributed by atoms with Gasteiger partial charge in [0.2, 0.25) is 10.0 Å². The Morgan fingerprint density at radius 2 is 1.73 bits per heavy atom. The molecule has 3 aromatic rings. The van der Waals surface area contributed by atoms with E-state index in [1.807, 2.05) is 30.3 Å². The van der Waals surface area contributed by atoms with Gasteiger partial charge in [-0.3, -0.25) is 0 Å². The molecular weight excluding hydrogens is 353 g/mol. The summed E-state index contributed by atoms with van der Waals surface area (Å²) in [6.07, 6.45) is 2.12. The summed E-state index contributed by atoms with van der Waals surface area (Å²) in [5.74, 6) is -0.122. The summed E-state index contributed by atoms with van der Waals surface area (Å²) >= 11 is 0. The molecular formula is C19H16FN3O2S. The predicted octanol–water partition coefficient (Wildman–Crippen LogP) is 3.03. The van der Waals surface area contributed by atoms with Gasteiger partial charge in [-0.15, -0.1) is 0 Å². The van der Waals surface area contributed by atoms with E-state index in [4.69, 9.17) is 0 Å². The molecule has 0 spiro atoms. The van der Waals surface area contributed by atoms with Crippen LogP contribution in [0.25, 0.3) is 11.4 Å². The van der Waals surface area contributed by atoms with Crippen LogP contribution >= 0.6 is 0 Å². The maximum atomic E-state index is 13.9. The van der Waals surface area contributed by atoms with Gasteiger partial charge in [0.1, 0.15) is 10.7 Å². The highest BCUT2D eigenvalue weighted by Crippen LogP contribution is 2.26. The van der Waals surface area contributed by atoms with Crippen molar-refractivity contribution in [2.24, 2.45) is 0 Å². The van der Waals surface area contributed by atoms with Crippen LogP contribution < -0.4 is 0 Å². The molecule has 2 heterocycles. The van der Waals surface area contributed by atoms with Crippen LogP contribution in [0.5, 0.6) is 0 Å². The van der Waals surface area contributed by atoms with Crippen LogP contribution in [0.4, 0.5) is 4.39 Å². The summed E-state index contributed by atoms with van der Waals surface area (Å²) in [5, 5.41) is 0. The number of halogens is 1. The van der Waals surface area contributed by atoms with Crippen LogP contribution in [0.2, 0.25) is 0 Å². The summed E-state index contributed by atoms with van der Waals surface area (Å²) < 4.78 is 40.7. The lowest BCUT2D eigenvalue weighted by Crippen LogP contribution is -2.36. The number of nitrogens with zero attached hydrogens (tertiary/aromatic N) is 3. The maximum absolute atomic E-state index is 13.9. The van der Waals surface area contributed by atoms with Crippen molar-refractivity contribution in [1.29, 1.82) is 0 Å². The fourth-order valence-electron chi connectivity index (χ4n) is 3.01. The summed E-state index contributed by atoms with van der Waals surface area (Å²) in [5.41, 5.74) is 2.49. The third kappa shape index (κ3) is 3.00. The van der Waals surface area contributed by atoms with Crippen molar-refractivity contribution in [3.63, 3.8) is 0 Å². The van der Waals surface area contributed by atoms with Gasteiger partial charge in [-0.2, -0.15) is 4.31 Å². The molecule has 0 saturated carbocycles. The molecule has 7 heteroatoms. The van der Waals surface area contributed by atoms with Crippen LogP contribution in [0, 0.1) is 5.82 Å². The van der Waals surface area contributed by atoms with Crippen molar-refractivity contribution in [1.82, 2.24) is 14.3 Å². The molecule has 0 fully saturated rings. The van der Waals surface area contributed by atoms with Crippen LogP contribution in [0.3, 0.4) is 0 Å². The molecule has 0 N–H and O–H groups in total. The van der Waals surface area contributed by atoms with Gasteiger partial charge in [0.25, 0.3) is 0 Å². The summed E-state index contributed by atoms with van der Waals surface area (Å²) in [7, 11) is -3.89. The minimum absolute atomic E-state index is 0.140. The largest absolute Gasteiger partial charge is 0.246 e. The lowest BCUT2D eigenvalue weighted by Gasteiger charge is -2.27. The molecule has 4 rings (SSSR count). The van der Waals surface area contributed by atoms with Crippen LogP contribution in [-0.2, 0) is 23.0 Å². The molecule has 0 radical (unpaired) electrons. The first-order valence-electron chi connectivity index (χ1n) is 8.20. The standard InChI is InChI=1S/C19H16FN3O2S/c20-16-8-4-5-9-18(16)26(24,25)23-11-10-17-15(13-23)12-21-19(22-17)14-6-2-1-3-7-14/h1-9,12H,10-11,13H2. The van der Waals surface area contributed by atoms with Gasteiger partial charge in [-0.1, -0.05) is 42.5 Å². The fourth-order valence-corrected chi connectivity index (χ4v) is 4.50. The Morgan fingerprint density at radius 3 is 2.50 bits per heavy atom. The number of aromatic nitrogens is 2. The molecule has 0 saturated heterocycles. The molecule has 0 unspecified atom stereocenters. The fraction of sp³-hybridized carbons (Fsp3) is 0.158. The van der Waals surface area contributed by atoms with Gasteiger partial charge in [-0.25, -0.2) is 22.8 Å². The van der Waals surface area contributed by atoms with E-state index in [0.29, 0.717) is 12.2 Å². The van der Waals surface area contributed by atoms with Crippen molar-refractivity contribution >= 4 is 10.0 Å². The Bertz CT molecular complexity index is 1060. The van der Waals surface area contributed by atoms with Crippen LogP contribution in [0.15, 0.2) is 65.7 Å². The molecule has 0 bridgehead atoms. The molecule has 2 aromatic carbocycles. The van der Waals surface area contributed by atoms with E-state index in [0.717, 1.165) is 22.9 Å². The Morgan fingerprint density at radius 1 is 1.00 bits per heavy atom. The zero-order valence-electron chi connectivity index (χ0n) is 13.8. The molecule has 1 aliphatic heterocycles. The molecule has 0 atom stereocenters. The van der Waals surface area contributed by atoms with Gasteiger partial charge in [-0.05, 0) is 12.1 Å². The molecule has 1 aliphatic rings. The highest BCUT2D eigenvalue weighted by molar-refractivity contribution is 7.89. The van der Waals surface area contributed by atoms with Gasteiger partial charge in [0.15, 0.2) is 5.82 Å². The first-order valence-corrected chi connectivity index (χ1v) is 9.64. The second-order valence-corrected chi connectivity index (χ2v) is 7.96. The van der Waals surface area contributed by atoms with E-state index in [-0.39, 0.29) is 18.0 Å². The Hall–Kier alpha value is -2.64. The van der Waals surface area contributed by atoms with Crippen molar-refractivity contribution in [2.75, 3.05) is 6.54 Å². The second-order valence-electron chi connectivity index (χ2n) is 6.05. The number of benzene rings is 2. The minimum atomic E-state index is -3.89. The van der Waals surface area contributed by atoms with Gasteiger partial charge >= 0.3 is 0 Å². The highest BCUT2D eigenvalue weighted by atomic mass is 32.2.